The van der Waals surface area contributed by atoms with Gasteiger partial charge in [-0.2, -0.15) is 0 Å². The van der Waals surface area contributed by atoms with Crippen molar-refractivity contribution in [1.82, 2.24) is 14.9 Å². The summed E-state index contributed by atoms with van der Waals surface area (Å²) in [7, 11) is 1.60. The van der Waals surface area contributed by atoms with Gasteiger partial charge in [0.25, 0.3) is 5.91 Å². The maximum Gasteiger partial charge on any atom is 0.259 e. The molecule has 2 aromatic carbocycles. The summed E-state index contributed by atoms with van der Waals surface area (Å²) < 4.78 is 19.1. The number of hydrogen-bond acceptors (Lipinski definition) is 5. The van der Waals surface area contributed by atoms with E-state index in [4.69, 9.17) is 4.74 Å². The number of halogens is 1. The van der Waals surface area contributed by atoms with E-state index in [1.807, 2.05) is 29.2 Å². The second-order valence-corrected chi connectivity index (χ2v) is 8.01. The molecular weight excluding hydrogens is 423 g/mol. The van der Waals surface area contributed by atoms with E-state index in [1.54, 1.807) is 26.2 Å². The molecule has 1 aromatic heterocycles. The van der Waals surface area contributed by atoms with E-state index in [1.165, 1.54) is 18.3 Å². The number of para-hydroxylation sites is 1. The standard InChI is InChI=1S/C25H25FN4O3/c1-16-20(25(32)29-22-9-4-3-8-21(22)26)14-27-24(28-16)18-10-11-30(15-18)23(31)13-17-6-5-7-19(12-17)33-2/h3-9,12,14,18H,10-11,13,15H2,1-2H3,(H,29,32). The fourth-order valence-corrected chi connectivity index (χ4v) is 3.92. The van der Waals surface area contributed by atoms with Crippen molar-refractivity contribution in [2.75, 3.05) is 25.5 Å². The van der Waals surface area contributed by atoms with E-state index in [2.05, 4.69) is 15.3 Å². The first-order valence-electron chi connectivity index (χ1n) is 10.7. The van der Waals surface area contributed by atoms with Crippen LogP contribution < -0.4 is 10.1 Å². The fourth-order valence-electron chi connectivity index (χ4n) is 3.92. The van der Waals surface area contributed by atoms with Crippen molar-refractivity contribution < 1.29 is 18.7 Å². The number of benzene rings is 2. The van der Waals surface area contributed by atoms with Crippen LogP contribution in [0.1, 0.15) is 39.8 Å². The molecule has 3 aromatic rings. The van der Waals surface area contributed by atoms with Crippen molar-refractivity contribution in [3.8, 4) is 5.75 Å². The number of aryl methyl sites for hydroxylation is 1. The van der Waals surface area contributed by atoms with Gasteiger partial charge in [0.15, 0.2) is 0 Å². The van der Waals surface area contributed by atoms with Gasteiger partial charge < -0.3 is 15.0 Å². The van der Waals surface area contributed by atoms with Crippen LogP contribution in [-0.4, -0.2) is 46.9 Å². The predicted octanol–water partition coefficient (Wildman–Crippen LogP) is 3.74. The number of carbonyl (C=O) groups excluding carboxylic acids is 2. The number of nitrogens with zero attached hydrogens (tertiary/aromatic N) is 3. The molecule has 1 saturated heterocycles. The number of rotatable bonds is 6. The Kier molecular flexibility index (Phi) is 6.63. The first-order chi connectivity index (χ1) is 15.9. The zero-order chi connectivity index (χ0) is 23.4. The molecule has 0 saturated carbocycles. The molecule has 0 aliphatic carbocycles. The molecule has 2 heterocycles. The molecule has 0 bridgehead atoms. The van der Waals surface area contributed by atoms with Crippen molar-refractivity contribution in [3.05, 3.63) is 83.2 Å². The Morgan fingerprint density at radius 1 is 1.21 bits per heavy atom. The lowest BCUT2D eigenvalue weighted by Crippen LogP contribution is -2.30. The second kappa shape index (κ2) is 9.77. The molecule has 2 amide bonds. The van der Waals surface area contributed by atoms with Gasteiger partial charge in [0.1, 0.15) is 17.4 Å². The van der Waals surface area contributed by atoms with Crippen LogP contribution in [0.3, 0.4) is 0 Å². The number of carbonyl (C=O) groups is 2. The number of anilines is 1. The maximum absolute atomic E-state index is 13.8. The Balaban J connectivity index is 1.39. The minimum absolute atomic E-state index is 0.00152. The number of amides is 2. The molecule has 170 valence electrons. The van der Waals surface area contributed by atoms with Gasteiger partial charge in [-0.25, -0.2) is 14.4 Å². The van der Waals surface area contributed by atoms with Gasteiger partial charge in [-0.05, 0) is 43.2 Å². The third-order valence-corrected chi connectivity index (χ3v) is 5.76. The molecule has 7 nitrogen and oxygen atoms in total. The van der Waals surface area contributed by atoms with E-state index in [0.29, 0.717) is 31.0 Å². The smallest absolute Gasteiger partial charge is 0.259 e. The van der Waals surface area contributed by atoms with Crippen LogP contribution in [0.2, 0.25) is 0 Å². The van der Waals surface area contributed by atoms with Gasteiger partial charge in [0.2, 0.25) is 5.91 Å². The summed E-state index contributed by atoms with van der Waals surface area (Å²) in [5.74, 6) is 0.399. The van der Waals surface area contributed by atoms with E-state index in [9.17, 15) is 14.0 Å². The number of aromatic nitrogens is 2. The average Bonchev–Trinajstić information content (AvgIpc) is 3.31. The van der Waals surface area contributed by atoms with Crippen LogP contribution in [0.15, 0.2) is 54.7 Å². The molecule has 8 heteroatoms. The molecule has 1 fully saturated rings. The van der Waals surface area contributed by atoms with Crippen molar-refractivity contribution in [2.45, 2.75) is 25.7 Å². The van der Waals surface area contributed by atoms with Crippen molar-refractivity contribution in [1.29, 1.82) is 0 Å². The van der Waals surface area contributed by atoms with Crippen LogP contribution in [0, 0.1) is 12.7 Å². The highest BCUT2D eigenvalue weighted by Crippen LogP contribution is 2.26. The average molecular weight is 448 g/mol. The lowest BCUT2D eigenvalue weighted by Gasteiger charge is -2.17. The summed E-state index contributed by atoms with van der Waals surface area (Å²) in [4.78, 5) is 36.1. The third-order valence-electron chi connectivity index (χ3n) is 5.76. The zero-order valence-electron chi connectivity index (χ0n) is 18.5. The number of ether oxygens (including phenoxy) is 1. The van der Waals surface area contributed by atoms with Crippen LogP contribution in [0.4, 0.5) is 10.1 Å². The molecule has 33 heavy (non-hydrogen) atoms. The Morgan fingerprint density at radius 3 is 2.79 bits per heavy atom. The van der Waals surface area contributed by atoms with Gasteiger partial charge in [0, 0.05) is 25.2 Å². The molecule has 4 rings (SSSR count). The molecule has 1 unspecified atom stereocenters. The highest BCUT2D eigenvalue weighted by Gasteiger charge is 2.29. The van der Waals surface area contributed by atoms with Gasteiger partial charge in [-0.15, -0.1) is 0 Å². The van der Waals surface area contributed by atoms with E-state index < -0.39 is 11.7 Å². The largest absolute Gasteiger partial charge is 0.497 e. The minimum Gasteiger partial charge on any atom is -0.497 e. The summed E-state index contributed by atoms with van der Waals surface area (Å²) in [5, 5.41) is 2.55. The third kappa shape index (κ3) is 5.16. The highest BCUT2D eigenvalue weighted by atomic mass is 19.1. The van der Waals surface area contributed by atoms with Crippen LogP contribution in [0.25, 0.3) is 0 Å². The Hall–Kier alpha value is -3.81. The summed E-state index contributed by atoms with van der Waals surface area (Å²) in [6.07, 6.45) is 2.53. The first-order valence-corrected chi connectivity index (χ1v) is 10.7. The monoisotopic (exact) mass is 448 g/mol. The van der Waals surface area contributed by atoms with E-state index >= 15 is 0 Å². The van der Waals surface area contributed by atoms with Crippen molar-refractivity contribution in [2.24, 2.45) is 0 Å². The normalized spacial score (nSPS) is 15.4. The van der Waals surface area contributed by atoms with Crippen LogP contribution >= 0.6 is 0 Å². The van der Waals surface area contributed by atoms with E-state index in [-0.39, 0.29) is 23.1 Å². The number of hydrogen-bond donors (Lipinski definition) is 1. The van der Waals surface area contributed by atoms with E-state index in [0.717, 1.165) is 17.7 Å². The molecule has 1 aliphatic rings. The first kappa shape index (κ1) is 22.4. The molecule has 0 spiro atoms. The molecule has 0 radical (unpaired) electrons. The lowest BCUT2D eigenvalue weighted by atomic mass is 10.1. The molecule has 1 N–H and O–H groups in total. The second-order valence-electron chi connectivity index (χ2n) is 8.01. The highest BCUT2D eigenvalue weighted by molar-refractivity contribution is 6.04. The van der Waals surface area contributed by atoms with Gasteiger partial charge in [-0.1, -0.05) is 24.3 Å². The van der Waals surface area contributed by atoms with Crippen molar-refractivity contribution >= 4 is 17.5 Å². The van der Waals surface area contributed by atoms with Crippen LogP contribution in [0.5, 0.6) is 5.75 Å². The molecule has 1 aliphatic heterocycles. The van der Waals surface area contributed by atoms with Crippen LogP contribution in [-0.2, 0) is 11.2 Å². The number of nitrogens with one attached hydrogen (secondary N) is 1. The minimum atomic E-state index is -0.509. The Bertz CT molecular complexity index is 1180. The number of likely N-dealkylation sites (tertiary alicyclic amines) is 1. The summed E-state index contributed by atoms with van der Waals surface area (Å²) in [6.45, 7) is 2.89. The lowest BCUT2D eigenvalue weighted by molar-refractivity contribution is -0.129. The topological polar surface area (TPSA) is 84.4 Å². The summed E-state index contributed by atoms with van der Waals surface area (Å²) in [5.41, 5.74) is 1.80. The summed E-state index contributed by atoms with van der Waals surface area (Å²) in [6, 6.07) is 13.5. The Morgan fingerprint density at radius 2 is 2.03 bits per heavy atom. The Labute approximate surface area is 191 Å². The molecular formula is C25H25FN4O3. The SMILES string of the molecule is COc1cccc(CC(=O)N2CCC(c3ncc(C(=O)Nc4ccccc4F)c(C)n3)C2)c1. The number of methoxy groups -OCH3 is 1. The van der Waals surface area contributed by atoms with Gasteiger partial charge >= 0.3 is 0 Å². The molecule has 1 atom stereocenters. The summed E-state index contributed by atoms with van der Waals surface area (Å²) >= 11 is 0. The quantitative estimate of drug-likeness (QED) is 0.621. The van der Waals surface area contributed by atoms with Gasteiger partial charge in [-0.3, -0.25) is 9.59 Å². The predicted molar refractivity (Wildman–Crippen MR) is 122 cm³/mol. The fraction of sp³-hybridized carbons (Fsp3) is 0.280. The zero-order valence-corrected chi connectivity index (χ0v) is 18.5. The maximum atomic E-state index is 13.8. The van der Waals surface area contributed by atoms with Crippen molar-refractivity contribution in [3.63, 3.8) is 0 Å². The van der Waals surface area contributed by atoms with Gasteiger partial charge in [0.05, 0.1) is 30.5 Å².